The van der Waals surface area contributed by atoms with Crippen molar-refractivity contribution in [2.45, 2.75) is 0 Å². The van der Waals surface area contributed by atoms with E-state index in [1.807, 2.05) is 41.7 Å². The summed E-state index contributed by atoms with van der Waals surface area (Å²) in [5.41, 5.74) is 6.01. The normalized spacial score (nSPS) is 11.9. The number of nitrogens with zero attached hydrogens (tertiary/aromatic N) is 3. The maximum Gasteiger partial charge on any atom is 0.165 e. The molecule has 0 aliphatic rings. The van der Waals surface area contributed by atoms with Crippen LogP contribution in [0.5, 0.6) is 0 Å². The van der Waals surface area contributed by atoms with Gasteiger partial charge in [0.05, 0.1) is 22.1 Å². The Morgan fingerprint density at radius 2 is 1.19 bits per heavy atom. The van der Waals surface area contributed by atoms with Crippen LogP contribution in [0.3, 0.4) is 0 Å². The average Bonchev–Trinajstić information content (AvgIpc) is 3.46. The molecule has 0 aliphatic heterocycles. The number of hydrogen-bond acceptors (Lipinski definition) is 3. The largest absolute Gasteiger partial charge is 0.292 e. The maximum absolute atomic E-state index is 5.22. The lowest BCUT2D eigenvalue weighted by Crippen LogP contribution is -2.03. The van der Waals surface area contributed by atoms with Crippen molar-refractivity contribution in [3.8, 4) is 17.1 Å². The number of para-hydroxylation sites is 3. The summed E-state index contributed by atoms with van der Waals surface area (Å²) in [7, 11) is 0. The average molecular weight is 478 g/mol. The topological polar surface area (TPSA) is 30.7 Å². The van der Waals surface area contributed by atoms with Crippen LogP contribution in [0.15, 0.2) is 115 Å². The molecule has 0 fully saturated rings. The van der Waals surface area contributed by atoms with Crippen LogP contribution in [0.1, 0.15) is 0 Å². The predicted octanol–water partition coefficient (Wildman–Crippen LogP) is 8.76. The molecule has 5 aromatic carbocycles. The molecule has 8 rings (SSSR count). The van der Waals surface area contributed by atoms with Gasteiger partial charge in [-0.1, -0.05) is 78.9 Å². The Kier molecular flexibility index (Phi) is 4.10. The summed E-state index contributed by atoms with van der Waals surface area (Å²) in [6.45, 7) is 0. The van der Waals surface area contributed by atoms with Gasteiger partial charge in [0.1, 0.15) is 5.69 Å². The van der Waals surface area contributed by atoms with E-state index in [9.17, 15) is 0 Å². The van der Waals surface area contributed by atoms with Crippen LogP contribution < -0.4 is 0 Å². The molecule has 0 atom stereocenters. The van der Waals surface area contributed by atoms with Crippen molar-refractivity contribution in [1.29, 1.82) is 0 Å². The molecule has 3 nitrogen and oxygen atoms in total. The number of aromatic nitrogens is 3. The van der Waals surface area contributed by atoms with E-state index in [1.165, 1.54) is 30.9 Å². The van der Waals surface area contributed by atoms with Gasteiger partial charge in [-0.2, -0.15) is 0 Å². The molecular formula is C32H19N3S. The third kappa shape index (κ3) is 2.79. The van der Waals surface area contributed by atoms with E-state index >= 15 is 0 Å². The van der Waals surface area contributed by atoms with Crippen LogP contribution in [-0.4, -0.2) is 14.5 Å². The van der Waals surface area contributed by atoms with Gasteiger partial charge in [0.15, 0.2) is 5.82 Å². The Balaban J connectivity index is 1.56. The van der Waals surface area contributed by atoms with Crippen LogP contribution in [0.25, 0.3) is 70.1 Å². The van der Waals surface area contributed by atoms with Gasteiger partial charge in [-0.3, -0.25) is 4.57 Å². The summed E-state index contributed by atoms with van der Waals surface area (Å²) in [5, 5.41) is 5.07. The quantitative estimate of drug-likeness (QED) is 0.249. The zero-order valence-electron chi connectivity index (χ0n) is 19.2. The van der Waals surface area contributed by atoms with E-state index in [4.69, 9.17) is 9.97 Å². The van der Waals surface area contributed by atoms with Crippen LogP contribution in [0.2, 0.25) is 0 Å². The monoisotopic (exact) mass is 477 g/mol. The molecule has 0 bridgehead atoms. The fraction of sp³-hybridized carbons (Fsp3) is 0. The molecule has 0 saturated carbocycles. The molecular weight excluding hydrogens is 458 g/mol. The lowest BCUT2D eigenvalue weighted by Gasteiger charge is -2.13. The minimum absolute atomic E-state index is 0.853. The minimum Gasteiger partial charge on any atom is -0.292 e. The van der Waals surface area contributed by atoms with Gasteiger partial charge in [0.25, 0.3) is 0 Å². The van der Waals surface area contributed by atoms with Crippen molar-refractivity contribution in [1.82, 2.24) is 14.5 Å². The highest BCUT2D eigenvalue weighted by molar-refractivity contribution is 7.25. The van der Waals surface area contributed by atoms with Crippen molar-refractivity contribution in [3.05, 3.63) is 115 Å². The smallest absolute Gasteiger partial charge is 0.165 e. The third-order valence-electron chi connectivity index (χ3n) is 6.98. The number of benzene rings is 5. The fourth-order valence-corrected chi connectivity index (χ4v) is 6.47. The zero-order valence-corrected chi connectivity index (χ0v) is 20.0. The number of rotatable bonds is 2. The first-order valence-corrected chi connectivity index (χ1v) is 12.8. The molecule has 0 aliphatic carbocycles. The van der Waals surface area contributed by atoms with Crippen molar-refractivity contribution in [2.75, 3.05) is 0 Å². The van der Waals surface area contributed by atoms with Crippen molar-refractivity contribution < 1.29 is 0 Å². The van der Waals surface area contributed by atoms with Crippen molar-refractivity contribution in [3.63, 3.8) is 0 Å². The van der Waals surface area contributed by atoms with Gasteiger partial charge in [-0.25, -0.2) is 9.97 Å². The van der Waals surface area contributed by atoms with Gasteiger partial charge in [-0.15, -0.1) is 11.3 Å². The van der Waals surface area contributed by atoms with E-state index in [0.717, 1.165) is 39.1 Å². The summed E-state index contributed by atoms with van der Waals surface area (Å²) in [5.74, 6) is 0.853. The zero-order chi connectivity index (χ0) is 23.6. The molecule has 4 heteroatoms. The standard InChI is InChI=1S/C32H19N3S/c1-2-10-20(11-3-1)31-32(34-26-15-7-6-14-25(26)33-31)35-27-16-8-4-12-21(27)23-18-24-22-13-5-9-17-29(22)36-30(24)19-28(23)35/h1-19H. The molecule has 0 radical (unpaired) electrons. The highest BCUT2D eigenvalue weighted by atomic mass is 32.1. The van der Waals surface area contributed by atoms with Gasteiger partial charge in [0.2, 0.25) is 0 Å². The lowest BCUT2D eigenvalue weighted by molar-refractivity contribution is 1.08. The van der Waals surface area contributed by atoms with E-state index in [0.29, 0.717) is 0 Å². The first-order valence-electron chi connectivity index (χ1n) is 12.0. The Hall–Kier alpha value is -4.54. The summed E-state index contributed by atoms with van der Waals surface area (Å²) in [6, 6.07) is 40.5. The second kappa shape index (κ2) is 7.48. The van der Waals surface area contributed by atoms with E-state index < -0.39 is 0 Å². The Bertz CT molecular complexity index is 2100. The van der Waals surface area contributed by atoms with Gasteiger partial charge >= 0.3 is 0 Å². The van der Waals surface area contributed by atoms with E-state index in [-0.39, 0.29) is 0 Å². The summed E-state index contributed by atoms with van der Waals surface area (Å²) >= 11 is 1.84. The molecule has 168 valence electrons. The maximum atomic E-state index is 5.22. The number of thiophene rings is 1. The van der Waals surface area contributed by atoms with Crippen molar-refractivity contribution >= 4 is 64.3 Å². The van der Waals surface area contributed by atoms with Crippen LogP contribution in [-0.2, 0) is 0 Å². The van der Waals surface area contributed by atoms with Gasteiger partial charge in [0, 0.05) is 36.5 Å². The molecule has 3 aromatic heterocycles. The third-order valence-corrected chi connectivity index (χ3v) is 8.12. The molecule has 3 heterocycles. The highest BCUT2D eigenvalue weighted by Gasteiger charge is 2.20. The summed E-state index contributed by atoms with van der Waals surface area (Å²) < 4.78 is 4.89. The summed E-state index contributed by atoms with van der Waals surface area (Å²) in [4.78, 5) is 10.4. The Morgan fingerprint density at radius 3 is 2.06 bits per heavy atom. The fourth-order valence-electron chi connectivity index (χ4n) is 5.35. The van der Waals surface area contributed by atoms with Crippen LogP contribution in [0.4, 0.5) is 0 Å². The van der Waals surface area contributed by atoms with Crippen LogP contribution >= 0.6 is 11.3 Å². The van der Waals surface area contributed by atoms with Crippen molar-refractivity contribution in [2.24, 2.45) is 0 Å². The minimum atomic E-state index is 0.853. The molecule has 0 N–H and O–H groups in total. The lowest BCUT2D eigenvalue weighted by atomic mass is 10.1. The SMILES string of the molecule is c1ccc(-c2nc3ccccc3nc2-n2c3ccccc3c3cc4c(cc32)sc2ccccc24)cc1. The molecule has 0 spiro atoms. The van der Waals surface area contributed by atoms with Crippen LogP contribution in [0, 0.1) is 0 Å². The first kappa shape index (κ1) is 19.7. The Labute approximate surface area is 210 Å². The molecule has 36 heavy (non-hydrogen) atoms. The Morgan fingerprint density at radius 1 is 0.500 bits per heavy atom. The predicted molar refractivity (Wildman–Crippen MR) is 152 cm³/mol. The molecule has 0 unspecified atom stereocenters. The number of fused-ring (bicyclic) bond motifs is 7. The molecule has 0 saturated heterocycles. The van der Waals surface area contributed by atoms with Gasteiger partial charge in [-0.05, 0) is 36.4 Å². The second-order valence-electron chi connectivity index (χ2n) is 9.07. The second-order valence-corrected chi connectivity index (χ2v) is 10.2. The highest BCUT2D eigenvalue weighted by Crippen LogP contribution is 2.41. The molecule has 8 aromatic rings. The summed E-state index contributed by atoms with van der Waals surface area (Å²) in [6.07, 6.45) is 0. The molecule has 0 amide bonds. The van der Waals surface area contributed by atoms with Gasteiger partial charge < -0.3 is 0 Å². The first-order chi connectivity index (χ1) is 17.8. The van der Waals surface area contributed by atoms with E-state index in [2.05, 4.69) is 89.5 Å². The van der Waals surface area contributed by atoms with E-state index in [1.54, 1.807) is 0 Å². The number of hydrogen-bond donors (Lipinski definition) is 0.